The summed E-state index contributed by atoms with van der Waals surface area (Å²) >= 11 is 0. The summed E-state index contributed by atoms with van der Waals surface area (Å²) in [5.41, 5.74) is 1.60. The Bertz CT molecular complexity index is 625. The number of carbonyl (C=O) groups is 1. The highest BCUT2D eigenvalue weighted by atomic mass is 19.1. The molecule has 19 heavy (non-hydrogen) atoms. The van der Waals surface area contributed by atoms with Crippen LogP contribution in [0.15, 0.2) is 42.5 Å². The maximum Gasteiger partial charge on any atom is 0.258 e. The van der Waals surface area contributed by atoms with Crippen molar-refractivity contribution in [1.82, 2.24) is 0 Å². The minimum Gasteiger partial charge on any atom is -0.508 e. The van der Waals surface area contributed by atoms with E-state index in [0.717, 1.165) is 0 Å². The van der Waals surface area contributed by atoms with Gasteiger partial charge in [-0.3, -0.25) is 4.79 Å². The summed E-state index contributed by atoms with van der Waals surface area (Å²) in [4.78, 5) is 13.7. The highest BCUT2D eigenvalue weighted by Crippen LogP contribution is 2.21. The Labute approximate surface area is 110 Å². The van der Waals surface area contributed by atoms with Crippen LogP contribution in [-0.2, 0) is 0 Å². The molecule has 0 saturated heterocycles. The zero-order chi connectivity index (χ0) is 14.0. The first-order valence-electron chi connectivity index (χ1n) is 5.82. The molecule has 0 heterocycles. The number of rotatable bonds is 2. The van der Waals surface area contributed by atoms with Crippen molar-refractivity contribution >= 4 is 11.6 Å². The van der Waals surface area contributed by atoms with E-state index in [9.17, 15) is 14.3 Å². The Balaban J connectivity index is 2.33. The maximum absolute atomic E-state index is 13.0. The Hall–Kier alpha value is -2.36. The molecular weight excluding hydrogens is 245 g/mol. The second-order valence-corrected chi connectivity index (χ2v) is 4.34. The van der Waals surface area contributed by atoms with E-state index in [1.54, 1.807) is 26.1 Å². The average Bonchev–Trinajstić information content (AvgIpc) is 2.37. The van der Waals surface area contributed by atoms with E-state index in [2.05, 4.69) is 0 Å². The van der Waals surface area contributed by atoms with Crippen molar-refractivity contribution in [3.05, 3.63) is 59.4 Å². The first kappa shape index (κ1) is 13.1. The van der Waals surface area contributed by atoms with Gasteiger partial charge in [-0.1, -0.05) is 6.07 Å². The van der Waals surface area contributed by atoms with Gasteiger partial charge in [0.15, 0.2) is 0 Å². The van der Waals surface area contributed by atoms with E-state index >= 15 is 0 Å². The maximum atomic E-state index is 13.0. The van der Waals surface area contributed by atoms with Crippen molar-refractivity contribution in [2.24, 2.45) is 0 Å². The molecule has 2 aromatic carbocycles. The lowest BCUT2D eigenvalue weighted by atomic mass is 10.1. The van der Waals surface area contributed by atoms with E-state index < -0.39 is 0 Å². The summed E-state index contributed by atoms with van der Waals surface area (Å²) < 4.78 is 13.0. The van der Waals surface area contributed by atoms with Crippen LogP contribution in [0.1, 0.15) is 15.9 Å². The van der Waals surface area contributed by atoms with Gasteiger partial charge >= 0.3 is 0 Å². The van der Waals surface area contributed by atoms with E-state index in [1.165, 1.54) is 35.2 Å². The molecule has 0 saturated carbocycles. The van der Waals surface area contributed by atoms with Crippen LogP contribution in [0, 0.1) is 12.7 Å². The number of benzene rings is 2. The molecule has 98 valence electrons. The Morgan fingerprint density at radius 3 is 2.58 bits per heavy atom. The van der Waals surface area contributed by atoms with Gasteiger partial charge in [-0.05, 0) is 42.8 Å². The molecule has 0 unspecified atom stereocenters. The number of phenolic OH excluding ortho intramolecular Hbond substituents is 1. The van der Waals surface area contributed by atoms with Crippen LogP contribution >= 0.6 is 0 Å². The lowest BCUT2D eigenvalue weighted by Gasteiger charge is -2.18. The van der Waals surface area contributed by atoms with Crippen molar-refractivity contribution in [2.75, 3.05) is 11.9 Å². The molecule has 2 aromatic rings. The van der Waals surface area contributed by atoms with Crippen LogP contribution in [0.2, 0.25) is 0 Å². The molecule has 0 bridgehead atoms. The van der Waals surface area contributed by atoms with E-state index in [1.807, 2.05) is 0 Å². The minimum absolute atomic E-state index is 0.0907. The molecule has 4 heteroatoms. The largest absolute Gasteiger partial charge is 0.508 e. The molecule has 0 fully saturated rings. The minimum atomic E-state index is -0.367. The first-order chi connectivity index (χ1) is 8.99. The van der Waals surface area contributed by atoms with Crippen molar-refractivity contribution < 1.29 is 14.3 Å². The van der Waals surface area contributed by atoms with Gasteiger partial charge in [0.1, 0.15) is 11.6 Å². The molecule has 0 aromatic heterocycles. The monoisotopic (exact) mass is 259 g/mol. The van der Waals surface area contributed by atoms with Crippen molar-refractivity contribution in [2.45, 2.75) is 6.92 Å². The van der Waals surface area contributed by atoms with Gasteiger partial charge in [-0.2, -0.15) is 0 Å². The van der Waals surface area contributed by atoms with Crippen LogP contribution in [0.3, 0.4) is 0 Å². The molecule has 0 aliphatic heterocycles. The molecule has 2 rings (SSSR count). The van der Waals surface area contributed by atoms with Crippen molar-refractivity contribution in [3.63, 3.8) is 0 Å². The van der Waals surface area contributed by atoms with Gasteiger partial charge in [0.25, 0.3) is 5.91 Å². The fourth-order valence-corrected chi connectivity index (χ4v) is 1.87. The number of hydrogen-bond acceptors (Lipinski definition) is 2. The van der Waals surface area contributed by atoms with Gasteiger partial charge in [0, 0.05) is 24.4 Å². The summed E-state index contributed by atoms with van der Waals surface area (Å²) in [7, 11) is 1.61. The number of phenols is 1. The van der Waals surface area contributed by atoms with Gasteiger partial charge in [-0.25, -0.2) is 4.39 Å². The van der Waals surface area contributed by atoms with E-state index in [-0.39, 0.29) is 17.5 Å². The summed E-state index contributed by atoms with van der Waals surface area (Å²) in [5, 5.41) is 9.42. The molecule has 0 radical (unpaired) electrons. The molecule has 0 atom stereocenters. The van der Waals surface area contributed by atoms with Crippen LogP contribution in [0.5, 0.6) is 5.75 Å². The summed E-state index contributed by atoms with van der Waals surface area (Å²) in [6, 6.07) is 10.5. The number of aromatic hydroxyl groups is 1. The quantitative estimate of drug-likeness (QED) is 0.900. The van der Waals surface area contributed by atoms with Gasteiger partial charge in [0.2, 0.25) is 0 Å². The van der Waals surface area contributed by atoms with Crippen LogP contribution in [-0.4, -0.2) is 18.1 Å². The highest BCUT2D eigenvalue weighted by molar-refractivity contribution is 6.06. The molecule has 1 N–H and O–H groups in total. The number of amides is 1. The number of nitrogens with zero attached hydrogens (tertiary/aromatic N) is 1. The number of halogens is 1. The van der Waals surface area contributed by atoms with Gasteiger partial charge in [-0.15, -0.1) is 0 Å². The van der Waals surface area contributed by atoms with Crippen LogP contribution in [0.25, 0.3) is 0 Å². The predicted octanol–water partition coefficient (Wildman–Crippen LogP) is 3.12. The zero-order valence-corrected chi connectivity index (χ0v) is 10.7. The third-order valence-electron chi connectivity index (χ3n) is 2.94. The Morgan fingerprint density at radius 2 is 1.95 bits per heavy atom. The first-order valence-corrected chi connectivity index (χ1v) is 5.82. The summed E-state index contributed by atoms with van der Waals surface area (Å²) in [5.74, 6) is -0.523. The SMILES string of the molecule is Cc1cc(F)ccc1C(=O)N(C)c1cccc(O)c1. The van der Waals surface area contributed by atoms with E-state index in [4.69, 9.17) is 0 Å². The second-order valence-electron chi connectivity index (χ2n) is 4.34. The number of carbonyl (C=O) groups excluding carboxylic acids is 1. The molecule has 0 aliphatic rings. The predicted molar refractivity (Wildman–Crippen MR) is 72.0 cm³/mol. The average molecular weight is 259 g/mol. The molecular formula is C15H14FNO2. The number of aryl methyl sites for hydroxylation is 1. The van der Waals surface area contributed by atoms with Crippen molar-refractivity contribution in [1.29, 1.82) is 0 Å². The Kier molecular flexibility index (Phi) is 3.51. The smallest absolute Gasteiger partial charge is 0.258 e. The van der Waals surface area contributed by atoms with Crippen LogP contribution < -0.4 is 4.90 Å². The molecule has 3 nitrogen and oxygen atoms in total. The normalized spacial score (nSPS) is 10.3. The summed E-state index contributed by atoms with van der Waals surface area (Å²) in [6.45, 7) is 1.69. The number of anilines is 1. The van der Waals surface area contributed by atoms with E-state index in [0.29, 0.717) is 16.8 Å². The third kappa shape index (κ3) is 2.73. The topological polar surface area (TPSA) is 40.5 Å². The fourth-order valence-electron chi connectivity index (χ4n) is 1.87. The second kappa shape index (κ2) is 5.10. The highest BCUT2D eigenvalue weighted by Gasteiger charge is 2.16. The molecule has 0 spiro atoms. The molecule has 1 amide bonds. The summed E-state index contributed by atoms with van der Waals surface area (Å²) in [6.07, 6.45) is 0. The van der Waals surface area contributed by atoms with Crippen molar-refractivity contribution in [3.8, 4) is 5.75 Å². The molecule has 0 aliphatic carbocycles. The lowest BCUT2D eigenvalue weighted by Crippen LogP contribution is -2.26. The zero-order valence-electron chi connectivity index (χ0n) is 10.7. The Morgan fingerprint density at radius 1 is 1.21 bits per heavy atom. The lowest BCUT2D eigenvalue weighted by molar-refractivity contribution is 0.0992. The van der Waals surface area contributed by atoms with Gasteiger partial charge < -0.3 is 10.0 Å². The fraction of sp³-hybridized carbons (Fsp3) is 0.133. The third-order valence-corrected chi connectivity index (χ3v) is 2.94. The van der Waals surface area contributed by atoms with Crippen LogP contribution in [0.4, 0.5) is 10.1 Å². The number of hydrogen-bond donors (Lipinski definition) is 1. The standard InChI is InChI=1S/C15H14FNO2/c1-10-8-11(16)6-7-14(10)15(19)17(2)12-4-3-5-13(18)9-12/h3-9,18H,1-2H3. The van der Waals surface area contributed by atoms with Gasteiger partial charge in [0.05, 0.1) is 0 Å².